The molecular formula is C31H20O3. The van der Waals surface area contributed by atoms with E-state index in [1.54, 1.807) is 0 Å². The highest BCUT2D eigenvalue weighted by Gasteiger charge is 2.33. The molecular weight excluding hydrogens is 420 g/mol. The molecule has 6 aromatic carbocycles. The Hall–Kier alpha value is -4.50. The predicted molar refractivity (Wildman–Crippen MR) is 136 cm³/mol. The first-order valence-corrected chi connectivity index (χ1v) is 11.4. The molecule has 0 spiro atoms. The summed E-state index contributed by atoms with van der Waals surface area (Å²) in [7, 11) is 0. The molecule has 3 heteroatoms. The average Bonchev–Trinajstić information content (AvgIpc) is 2.88. The zero-order valence-electron chi connectivity index (χ0n) is 18.2. The maximum atomic E-state index is 11.0. The summed E-state index contributed by atoms with van der Waals surface area (Å²) in [6.45, 7) is 0. The molecule has 34 heavy (non-hydrogen) atoms. The predicted octanol–water partition coefficient (Wildman–Crippen LogP) is 7.84. The minimum Gasteiger partial charge on any atom is -0.507 e. The highest BCUT2D eigenvalue weighted by molar-refractivity contribution is 6.00. The number of fused-ring (bicyclic) bond motifs is 7. The molecule has 3 nitrogen and oxygen atoms in total. The van der Waals surface area contributed by atoms with Crippen molar-refractivity contribution in [3.8, 4) is 23.0 Å². The van der Waals surface area contributed by atoms with Gasteiger partial charge in [0.2, 0.25) is 0 Å². The van der Waals surface area contributed by atoms with E-state index in [-0.39, 0.29) is 17.4 Å². The summed E-state index contributed by atoms with van der Waals surface area (Å²) in [5, 5.41) is 27.5. The summed E-state index contributed by atoms with van der Waals surface area (Å²) in [5.74, 6) is 1.70. The van der Waals surface area contributed by atoms with Crippen molar-refractivity contribution >= 4 is 32.3 Å². The highest BCUT2D eigenvalue weighted by atomic mass is 16.5. The van der Waals surface area contributed by atoms with Crippen LogP contribution in [0.2, 0.25) is 0 Å². The third-order valence-corrected chi connectivity index (χ3v) is 6.96. The summed E-state index contributed by atoms with van der Waals surface area (Å²) in [5.41, 5.74) is 2.87. The fourth-order valence-corrected chi connectivity index (χ4v) is 5.46. The number of phenolic OH excluding ortho intramolecular Hbond substituents is 2. The Morgan fingerprint density at radius 3 is 1.53 bits per heavy atom. The SMILES string of the molecule is Oc1cc2c(c3ccccc13)Oc1c(cc(O)c3ccccc13)C2c1cccc2ccccc12. The molecule has 0 amide bonds. The minimum absolute atomic E-state index is 0.219. The maximum Gasteiger partial charge on any atom is 0.139 e. The first-order valence-electron chi connectivity index (χ1n) is 11.4. The zero-order chi connectivity index (χ0) is 22.8. The molecule has 0 aliphatic carbocycles. The van der Waals surface area contributed by atoms with Gasteiger partial charge in [0.15, 0.2) is 0 Å². The van der Waals surface area contributed by atoms with E-state index >= 15 is 0 Å². The Labute approximate surface area is 196 Å². The van der Waals surface area contributed by atoms with Crippen molar-refractivity contribution in [3.63, 3.8) is 0 Å². The van der Waals surface area contributed by atoms with Gasteiger partial charge in [0.05, 0.1) is 0 Å². The molecule has 0 radical (unpaired) electrons. The normalized spacial score (nSPS) is 13.1. The van der Waals surface area contributed by atoms with Crippen molar-refractivity contribution in [1.29, 1.82) is 0 Å². The summed E-state index contributed by atoms with van der Waals surface area (Å²) in [6, 6.07) is 33.8. The Bertz CT molecular complexity index is 1670. The van der Waals surface area contributed by atoms with Crippen LogP contribution < -0.4 is 4.74 Å². The minimum atomic E-state index is -0.226. The van der Waals surface area contributed by atoms with E-state index in [0.717, 1.165) is 60.5 Å². The number of benzene rings is 6. The molecule has 0 unspecified atom stereocenters. The van der Waals surface area contributed by atoms with Gasteiger partial charge in [-0.15, -0.1) is 0 Å². The first-order chi connectivity index (χ1) is 16.7. The molecule has 0 saturated carbocycles. The summed E-state index contributed by atoms with van der Waals surface area (Å²) in [6.07, 6.45) is 0. The second-order valence-electron chi connectivity index (χ2n) is 8.82. The quantitative estimate of drug-likeness (QED) is 0.273. The van der Waals surface area contributed by atoms with E-state index in [9.17, 15) is 10.2 Å². The molecule has 6 aromatic rings. The van der Waals surface area contributed by atoms with Crippen molar-refractivity contribution in [2.75, 3.05) is 0 Å². The van der Waals surface area contributed by atoms with Gasteiger partial charge in [-0.2, -0.15) is 0 Å². The van der Waals surface area contributed by atoms with Crippen LogP contribution in [0.4, 0.5) is 0 Å². The van der Waals surface area contributed by atoms with E-state index in [0.29, 0.717) is 0 Å². The van der Waals surface area contributed by atoms with Crippen molar-refractivity contribution < 1.29 is 14.9 Å². The third kappa shape index (κ3) is 2.58. The lowest BCUT2D eigenvalue weighted by Crippen LogP contribution is -2.13. The van der Waals surface area contributed by atoms with Gasteiger partial charge in [0, 0.05) is 38.6 Å². The lowest BCUT2D eigenvalue weighted by atomic mass is 9.79. The van der Waals surface area contributed by atoms with E-state index in [4.69, 9.17) is 4.74 Å². The number of rotatable bonds is 1. The Morgan fingerprint density at radius 2 is 0.941 bits per heavy atom. The second kappa shape index (κ2) is 7.00. The average molecular weight is 440 g/mol. The van der Waals surface area contributed by atoms with Crippen molar-refractivity contribution in [2.45, 2.75) is 5.92 Å². The Balaban J connectivity index is 1.65. The standard InChI is InChI=1S/C31H20O3/c32-27-16-25-29(22-15-7-9-18-8-1-2-10-19(18)22)26-17-28(33)21-12-4-6-14-24(21)31(26)34-30(25)23-13-5-3-11-20(23)27/h1-17,29,32-33H. The Kier molecular flexibility index (Phi) is 3.91. The third-order valence-electron chi connectivity index (χ3n) is 6.96. The van der Waals surface area contributed by atoms with Gasteiger partial charge in [-0.25, -0.2) is 0 Å². The number of ether oxygens (including phenoxy) is 1. The molecule has 162 valence electrons. The molecule has 7 rings (SSSR count). The molecule has 1 aliphatic heterocycles. The molecule has 0 bridgehead atoms. The number of hydrogen-bond donors (Lipinski definition) is 2. The molecule has 0 atom stereocenters. The molecule has 1 aliphatic rings. The summed E-state index contributed by atoms with van der Waals surface area (Å²) >= 11 is 0. The number of aromatic hydroxyl groups is 2. The Morgan fingerprint density at radius 1 is 0.471 bits per heavy atom. The van der Waals surface area contributed by atoms with Gasteiger partial charge >= 0.3 is 0 Å². The van der Waals surface area contributed by atoms with Gasteiger partial charge < -0.3 is 14.9 Å². The second-order valence-corrected chi connectivity index (χ2v) is 8.82. The van der Waals surface area contributed by atoms with Gasteiger partial charge in [0.1, 0.15) is 23.0 Å². The van der Waals surface area contributed by atoms with Gasteiger partial charge in [-0.3, -0.25) is 0 Å². The van der Waals surface area contributed by atoms with Crippen LogP contribution >= 0.6 is 0 Å². The van der Waals surface area contributed by atoms with E-state index < -0.39 is 0 Å². The van der Waals surface area contributed by atoms with Crippen LogP contribution in [0.1, 0.15) is 22.6 Å². The van der Waals surface area contributed by atoms with Crippen LogP contribution in [0, 0.1) is 0 Å². The van der Waals surface area contributed by atoms with Gasteiger partial charge in [-0.1, -0.05) is 91.0 Å². The van der Waals surface area contributed by atoms with Crippen molar-refractivity contribution in [1.82, 2.24) is 0 Å². The fourth-order valence-electron chi connectivity index (χ4n) is 5.46. The summed E-state index contributed by atoms with van der Waals surface area (Å²) in [4.78, 5) is 0. The monoisotopic (exact) mass is 440 g/mol. The lowest BCUT2D eigenvalue weighted by molar-refractivity contribution is 0.450. The van der Waals surface area contributed by atoms with Crippen LogP contribution in [-0.2, 0) is 0 Å². The molecule has 1 heterocycles. The maximum absolute atomic E-state index is 11.0. The zero-order valence-corrected chi connectivity index (χ0v) is 18.2. The molecule has 0 aromatic heterocycles. The lowest BCUT2D eigenvalue weighted by Gasteiger charge is -2.31. The first kappa shape index (κ1) is 19.0. The van der Waals surface area contributed by atoms with Crippen molar-refractivity contribution in [2.24, 2.45) is 0 Å². The van der Waals surface area contributed by atoms with E-state index in [1.807, 2.05) is 72.8 Å². The van der Waals surface area contributed by atoms with Crippen molar-refractivity contribution in [3.05, 3.63) is 120 Å². The van der Waals surface area contributed by atoms with Crippen LogP contribution in [0.5, 0.6) is 23.0 Å². The van der Waals surface area contributed by atoms with Crippen LogP contribution in [0.25, 0.3) is 32.3 Å². The van der Waals surface area contributed by atoms with Gasteiger partial charge in [0.25, 0.3) is 0 Å². The van der Waals surface area contributed by atoms with Crippen LogP contribution in [0.3, 0.4) is 0 Å². The topological polar surface area (TPSA) is 49.7 Å². The van der Waals surface area contributed by atoms with Crippen LogP contribution in [-0.4, -0.2) is 10.2 Å². The van der Waals surface area contributed by atoms with E-state index in [2.05, 4.69) is 30.3 Å². The van der Waals surface area contributed by atoms with E-state index in [1.165, 1.54) is 0 Å². The number of hydrogen-bond acceptors (Lipinski definition) is 3. The molecule has 0 saturated heterocycles. The van der Waals surface area contributed by atoms with Gasteiger partial charge in [-0.05, 0) is 28.5 Å². The highest BCUT2D eigenvalue weighted by Crippen LogP contribution is 2.55. The fraction of sp³-hybridized carbons (Fsp3) is 0.0323. The van der Waals surface area contributed by atoms with Crippen LogP contribution in [0.15, 0.2) is 103 Å². The number of phenols is 2. The molecule has 2 N–H and O–H groups in total. The summed E-state index contributed by atoms with van der Waals surface area (Å²) < 4.78 is 6.66. The smallest absolute Gasteiger partial charge is 0.139 e. The largest absolute Gasteiger partial charge is 0.507 e. The molecule has 0 fully saturated rings.